The fourth-order valence-electron chi connectivity index (χ4n) is 4.27. The number of rotatable bonds is 4. The van der Waals surface area contributed by atoms with E-state index in [-0.39, 0.29) is 12.4 Å². The summed E-state index contributed by atoms with van der Waals surface area (Å²) in [7, 11) is 1.57. The molecule has 0 saturated carbocycles. The van der Waals surface area contributed by atoms with Crippen LogP contribution in [0, 0.1) is 18.6 Å². The number of amides is 1. The van der Waals surface area contributed by atoms with Crippen LogP contribution in [0.2, 0.25) is 0 Å². The number of aromatic nitrogens is 2. The van der Waals surface area contributed by atoms with Gasteiger partial charge in [0.2, 0.25) is 0 Å². The van der Waals surface area contributed by atoms with Crippen molar-refractivity contribution in [2.75, 3.05) is 13.7 Å². The van der Waals surface area contributed by atoms with Crippen molar-refractivity contribution in [2.24, 2.45) is 0 Å². The SMILES string of the molecule is COc1cc(C=C2OC(C)C3=COCC(c4ccc(F)c(F)c4)N3C2=O)ccc1-n1cnc(C)c1. The number of nitrogens with zero attached hydrogens (tertiary/aromatic N) is 3. The Morgan fingerprint density at radius 3 is 2.71 bits per heavy atom. The zero-order chi connectivity index (χ0) is 24.7. The first-order valence-corrected chi connectivity index (χ1v) is 11.0. The van der Waals surface area contributed by atoms with Crippen LogP contribution < -0.4 is 4.74 Å². The minimum absolute atomic E-state index is 0.104. The van der Waals surface area contributed by atoms with Crippen LogP contribution in [0.3, 0.4) is 0 Å². The molecule has 1 fully saturated rings. The molecule has 3 heterocycles. The Labute approximate surface area is 200 Å². The largest absolute Gasteiger partial charge is 0.497 e. The van der Waals surface area contributed by atoms with E-state index in [4.69, 9.17) is 14.2 Å². The van der Waals surface area contributed by atoms with E-state index in [1.165, 1.54) is 17.2 Å². The predicted molar refractivity (Wildman–Crippen MR) is 123 cm³/mol. The molecule has 35 heavy (non-hydrogen) atoms. The molecule has 2 aromatic carbocycles. The second kappa shape index (κ2) is 8.90. The van der Waals surface area contributed by atoms with Crippen LogP contribution in [-0.2, 0) is 14.3 Å². The molecule has 2 aliphatic heterocycles. The molecule has 5 rings (SSSR count). The Kier molecular flexibility index (Phi) is 5.76. The number of benzene rings is 2. The zero-order valence-corrected chi connectivity index (χ0v) is 19.4. The third-order valence-corrected chi connectivity index (χ3v) is 6.02. The van der Waals surface area contributed by atoms with Gasteiger partial charge < -0.3 is 18.8 Å². The van der Waals surface area contributed by atoms with Gasteiger partial charge in [0.1, 0.15) is 24.7 Å². The Hall–Kier alpha value is -4.14. The number of carbonyl (C=O) groups excluding carboxylic acids is 1. The van der Waals surface area contributed by atoms with Gasteiger partial charge in [0.15, 0.2) is 17.4 Å². The van der Waals surface area contributed by atoms with Crippen molar-refractivity contribution in [3.05, 3.63) is 95.1 Å². The van der Waals surface area contributed by atoms with Gasteiger partial charge in [0, 0.05) is 6.20 Å². The van der Waals surface area contributed by atoms with E-state index >= 15 is 0 Å². The molecule has 2 unspecified atom stereocenters. The molecule has 7 nitrogen and oxygen atoms in total. The molecule has 0 radical (unpaired) electrons. The summed E-state index contributed by atoms with van der Waals surface area (Å²) in [5, 5.41) is 0. The van der Waals surface area contributed by atoms with Crippen LogP contribution in [0.4, 0.5) is 8.78 Å². The van der Waals surface area contributed by atoms with Crippen LogP contribution in [-0.4, -0.2) is 40.2 Å². The van der Waals surface area contributed by atoms with Crippen molar-refractivity contribution < 1.29 is 27.8 Å². The molecular formula is C26H23F2N3O4. The summed E-state index contributed by atoms with van der Waals surface area (Å²) in [5.41, 5.74) is 3.31. The van der Waals surface area contributed by atoms with Crippen molar-refractivity contribution in [1.82, 2.24) is 14.5 Å². The monoisotopic (exact) mass is 479 g/mol. The van der Waals surface area contributed by atoms with E-state index in [0.29, 0.717) is 22.6 Å². The summed E-state index contributed by atoms with van der Waals surface area (Å²) in [4.78, 5) is 19.3. The van der Waals surface area contributed by atoms with E-state index < -0.39 is 29.7 Å². The first-order valence-electron chi connectivity index (χ1n) is 11.0. The standard InChI is InChI=1S/C26H23F2N3O4/c1-15-11-30(14-29-15)21-7-4-17(8-24(21)33-3)9-25-26(32)31-22(16(2)35-25)12-34-13-23(31)18-5-6-19(27)20(28)10-18/h4-12,14,16,23H,13H2,1-3H3. The van der Waals surface area contributed by atoms with E-state index in [1.807, 2.05) is 29.8 Å². The van der Waals surface area contributed by atoms with E-state index in [1.54, 1.807) is 32.5 Å². The maximum Gasteiger partial charge on any atom is 0.294 e. The fourth-order valence-corrected chi connectivity index (χ4v) is 4.27. The second-order valence-electron chi connectivity index (χ2n) is 8.36. The van der Waals surface area contributed by atoms with Gasteiger partial charge in [-0.15, -0.1) is 0 Å². The Morgan fingerprint density at radius 2 is 2.00 bits per heavy atom. The second-order valence-corrected chi connectivity index (χ2v) is 8.36. The van der Waals surface area contributed by atoms with Crippen LogP contribution in [0.15, 0.2) is 66.6 Å². The Morgan fingerprint density at radius 1 is 1.17 bits per heavy atom. The molecule has 2 aliphatic rings. The number of fused-ring (bicyclic) bond motifs is 1. The molecule has 0 aliphatic carbocycles. The van der Waals surface area contributed by atoms with Crippen LogP contribution in [0.5, 0.6) is 5.75 Å². The molecule has 0 bridgehead atoms. The van der Waals surface area contributed by atoms with Gasteiger partial charge in [0.25, 0.3) is 5.91 Å². The first kappa shape index (κ1) is 22.6. The summed E-state index contributed by atoms with van der Waals surface area (Å²) >= 11 is 0. The lowest BCUT2D eigenvalue weighted by atomic mass is 10.0. The summed E-state index contributed by atoms with van der Waals surface area (Å²) in [6, 6.07) is 8.47. The number of ether oxygens (including phenoxy) is 3. The summed E-state index contributed by atoms with van der Waals surface area (Å²) in [6.45, 7) is 3.80. The molecule has 0 N–H and O–H groups in total. The molecular weight excluding hydrogens is 456 g/mol. The highest BCUT2D eigenvalue weighted by Gasteiger charge is 2.41. The number of carbonyl (C=O) groups is 1. The molecule has 1 aromatic heterocycles. The van der Waals surface area contributed by atoms with Crippen molar-refractivity contribution in [3.8, 4) is 11.4 Å². The highest BCUT2D eigenvalue weighted by atomic mass is 19.2. The molecule has 2 atom stereocenters. The highest BCUT2D eigenvalue weighted by Crippen LogP contribution is 2.38. The van der Waals surface area contributed by atoms with Crippen molar-refractivity contribution >= 4 is 12.0 Å². The average Bonchev–Trinajstić information content (AvgIpc) is 3.29. The minimum atomic E-state index is -0.983. The van der Waals surface area contributed by atoms with Gasteiger partial charge in [-0.05, 0) is 55.3 Å². The molecule has 3 aromatic rings. The van der Waals surface area contributed by atoms with Gasteiger partial charge in [-0.3, -0.25) is 9.69 Å². The lowest BCUT2D eigenvalue weighted by Gasteiger charge is -2.42. The molecule has 1 saturated heterocycles. The fraction of sp³-hybridized carbons (Fsp3) is 0.231. The Balaban J connectivity index is 1.50. The first-order chi connectivity index (χ1) is 16.9. The number of hydrogen-bond acceptors (Lipinski definition) is 5. The number of hydrogen-bond donors (Lipinski definition) is 0. The van der Waals surface area contributed by atoms with Crippen LogP contribution in [0.1, 0.15) is 29.8 Å². The minimum Gasteiger partial charge on any atom is -0.497 e. The lowest BCUT2D eigenvalue weighted by molar-refractivity contribution is -0.140. The Bertz CT molecular complexity index is 1360. The van der Waals surface area contributed by atoms with Gasteiger partial charge in [-0.25, -0.2) is 13.8 Å². The van der Waals surface area contributed by atoms with Crippen molar-refractivity contribution in [3.63, 3.8) is 0 Å². The molecule has 180 valence electrons. The number of halogens is 2. The predicted octanol–water partition coefficient (Wildman–Crippen LogP) is 4.67. The van der Waals surface area contributed by atoms with Crippen molar-refractivity contribution in [1.29, 1.82) is 0 Å². The smallest absolute Gasteiger partial charge is 0.294 e. The maximum absolute atomic E-state index is 13.9. The zero-order valence-electron chi connectivity index (χ0n) is 19.4. The van der Waals surface area contributed by atoms with Crippen molar-refractivity contribution in [2.45, 2.75) is 26.0 Å². The quantitative estimate of drug-likeness (QED) is 0.509. The van der Waals surface area contributed by atoms with Gasteiger partial charge >= 0.3 is 0 Å². The number of imidazole rings is 1. The van der Waals surface area contributed by atoms with Crippen LogP contribution in [0.25, 0.3) is 11.8 Å². The van der Waals surface area contributed by atoms with E-state index in [0.717, 1.165) is 23.5 Å². The topological polar surface area (TPSA) is 65.8 Å². The van der Waals surface area contributed by atoms with Gasteiger partial charge in [0.05, 0.1) is 36.6 Å². The summed E-state index contributed by atoms with van der Waals surface area (Å²) in [6.07, 6.45) is 6.20. The molecule has 0 spiro atoms. The molecule has 1 amide bonds. The van der Waals surface area contributed by atoms with Gasteiger partial charge in [-0.2, -0.15) is 0 Å². The molecule has 9 heteroatoms. The van der Waals surface area contributed by atoms with E-state index in [9.17, 15) is 13.6 Å². The summed E-state index contributed by atoms with van der Waals surface area (Å²) in [5.74, 6) is -1.62. The third kappa shape index (κ3) is 4.14. The average molecular weight is 479 g/mol. The lowest BCUT2D eigenvalue weighted by Crippen LogP contribution is -2.47. The number of aryl methyl sites for hydroxylation is 1. The van der Waals surface area contributed by atoms with E-state index in [2.05, 4.69) is 4.98 Å². The van der Waals surface area contributed by atoms with Gasteiger partial charge in [-0.1, -0.05) is 12.1 Å². The highest BCUT2D eigenvalue weighted by molar-refractivity contribution is 5.98. The van der Waals surface area contributed by atoms with Crippen LogP contribution >= 0.6 is 0 Å². The maximum atomic E-state index is 13.9. The number of morpholine rings is 1. The number of methoxy groups -OCH3 is 1. The summed E-state index contributed by atoms with van der Waals surface area (Å²) < 4.78 is 46.3. The third-order valence-electron chi connectivity index (χ3n) is 6.02. The normalized spacial score (nSPS) is 20.7.